The van der Waals surface area contributed by atoms with Gasteiger partial charge >= 0.3 is 0 Å². The molecule has 1 heterocycles. The third kappa shape index (κ3) is 3.51. The Balaban J connectivity index is 2.28. The number of ether oxygens (including phenoxy) is 1. The predicted molar refractivity (Wildman–Crippen MR) is 81.4 cm³/mol. The summed E-state index contributed by atoms with van der Waals surface area (Å²) in [5, 5.41) is 1.10. The van der Waals surface area contributed by atoms with Crippen LogP contribution < -0.4 is 0 Å². The Morgan fingerprint density at radius 3 is 2.84 bits per heavy atom. The number of sulfonamides is 1. The number of hydrogen-bond acceptors (Lipinski definition) is 3. The molecule has 1 aromatic rings. The normalized spacial score (nSPS) is 21.5. The first-order chi connectivity index (χ1) is 8.95. The molecule has 19 heavy (non-hydrogen) atoms. The highest BCUT2D eigenvalue weighted by molar-refractivity contribution is 9.10. The van der Waals surface area contributed by atoms with Crippen LogP contribution in [0.1, 0.15) is 0 Å². The molecular weight excluding hydrogens is 421 g/mol. The smallest absolute Gasteiger partial charge is 0.243 e. The number of hydrogen-bond donors (Lipinski definition) is 0. The second-order valence-electron chi connectivity index (χ2n) is 4.09. The van der Waals surface area contributed by atoms with Crippen molar-refractivity contribution in [1.29, 1.82) is 0 Å². The minimum atomic E-state index is -3.50. The van der Waals surface area contributed by atoms with Gasteiger partial charge in [0, 0.05) is 22.9 Å². The first-order valence-corrected chi connectivity index (χ1v) is 9.31. The maximum absolute atomic E-state index is 12.5. The number of rotatable bonds is 3. The second kappa shape index (κ2) is 6.41. The van der Waals surface area contributed by atoms with Gasteiger partial charge in [-0.05, 0) is 34.1 Å². The fourth-order valence-electron chi connectivity index (χ4n) is 1.79. The van der Waals surface area contributed by atoms with Gasteiger partial charge in [-0.15, -0.1) is 0 Å². The molecule has 1 aromatic carbocycles. The van der Waals surface area contributed by atoms with Crippen LogP contribution in [0.15, 0.2) is 27.6 Å². The molecule has 0 aliphatic carbocycles. The summed E-state index contributed by atoms with van der Waals surface area (Å²) in [6, 6.07) is 4.61. The Labute approximate surface area is 134 Å². The average molecular weight is 434 g/mol. The van der Waals surface area contributed by atoms with Crippen molar-refractivity contribution < 1.29 is 13.2 Å². The van der Waals surface area contributed by atoms with Crippen molar-refractivity contribution in [2.75, 3.05) is 25.0 Å². The molecule has 0 saturated carbocycles. The van der Waals surface area contributed by atoms with Gasteiger partial charge in [0.25, 0.3) is 0 Å². The highest BCUT2D eigenvalue weighted by atomic mass is 79.9. The second-order valence-corrected chi connectivity index (χ2v) is 7.93. The Morgan fingerprint density at radius 2 is 2.21 bits per heavy atom. The summed E-state index contributed by atoms with van der Waals surface area (Å²) in [5.41, 5.74) is 0. The van der Waals surface area contributed by atoms with Crippen LogP contribution in [0.5, 0.6) is 0 Å². The van der Waals surface area contributed by atoms with E-state index in [-0.39, 0.29) is 11.0 Å². The molecule has 2 rings (SSSR count). The lowest BCUT2D eigenvalue weighted by Gasteiger charge is -2.31. The topological polar surface area (TPSA) is 46.6 Å². The summed E-state index contributed by atoms with van der Waals surface area (Å²) in [6.07, 6.45) is -0.112. The van der Waals surface area contributed by atoms with E-state index in [9.17, 15) is 8.42 Å². The van der Waals surface area contributed by atoms with Crippen molar-refractivity contribution in [2.45, 2.75) is 11.0 Å². The molecule has 1 unspecified atom stereocenters. The fraction of sp³-hybridized carbons (Fsp3) is 0.455. The van der Waals surface area contributed by atoms with Crippen LogP contribution in [-0.2, 0) is 14.8 Å². The van der Waals surface area contributed by atoms with E-state index in [1.807, 2.05) is 0 Å². The zero-order valence-electron chi connectivity index (χ0n) is 9.85. The zero-order chi connectivity index (χ0) is 14.0. The highest BCUT2D eigenvalue weighted by Gasteiger charge is 2.30. The van der Waals surface area contributed by atoms with Crippen molar-refractivity contribution in [2.24, 2.45) is 0 Å². The van der Waals surface area contributed by atoms with Crippen LogP contribution in [0.4, 0.5) is 0 Å². The van der Waals surface area contributed by atoms with Crippen LogP contribution in [-0.4, -0.2) is 43.9 Å². The largest absolute Gasteiger partial charge is 0.375 e. The van der Waals surface area contributed by atoms with Gasteiger partial charge in [-0.3, -0.25) is 0 Å². The van der Waals surface area contributed by atoms with E-state index < -0.39 is 10.0 Å². The number of nitrogens with zero attached hydrogens (tertiary/aromatic N) is 1. The van der Waals surface area contributed by atoms with Gasteiger partial charge in [-0.25, -0.2) is 8.42 Å². The molecule has 0 radical (unpaired) electrons. The third-order valence-electron chi connectivity index (χ3n) is 2.80. The van der Waals surface area contributed by atoms with E-state index in [4.69, 9.17) is 16.3 Å². The van der Waals surface area contributed by atoms with Crippen molar-refractivity contribution in [3.8, 4) is 0 Å². The van der Waals surface area contributed by atoms with Gasteiger partial charge < -0.3 is 4.74 Å². The lowest BCUT2D eigenvalue weighted by Crippen LogP contribution is -2.46. The summed E-state index contributed by atoms with van der Waals surface area (Å²) < 4.78 is 32.5. The molecule has 0 bridgehead atoms. The molecule has 1 aliphatic heterocycles. The fourth-order valence-corrected chi connectivity index (χ4v) is 4.31. The van der Waals surface area contributed by atoms with Crippen molar-refractivity contribution >= 4 is 53.5 Å². The molecule has 1 atom stereocenters. The van der Waals surface area contributed by atoms with Crippen LogP contribution in [0.25, 0.3) is 0 Å². The first kappa shape index (κ1) is 15.7. The van der Waals surface area contributed by atoms with Gasteiger partial charge in [0.2, 0.25) is 10.0 Å². The minimum Gasteiger partial charge on any atom is -0.375 e. The van der Waals surface area contributed by atoms with E-state index in [1.165, 1.54) is 16.4 Å². The van der Waals surface area contributed by atoms with Gasteiger partial charge in [0.1, 0.15) is 0 Å². The van der Waals surface area contributed by atoms with Crippen molar-refractivity contribution in [3.05, 3.63) is 27.7 Å². The molecule has 1 aliphatic rings. The molecular formula is C11H12Br2ClNO3S. The molecule has 1 saturated heterocycles. The Kier molecular flexibility index (Phi) is 5.30. The maximum Gasteiger partial charge on any atom is 0.243 e. The standard InChI is InChI=1S/C11H12Br2ClNO3S/c12-6-8-7-15(3-4-18-8)19(16,17)9-1-2-11(14)10(13)5-9/h1-2,5,8H,3-4,6-7H2. The molecule has 0 spiro atoms. The minimum absolute atomic E-state index is 0.112. The van der Waals surface area contributed by atoms with E-state index in [0.29, 0.717) is 34.5 Å². The number of morpholine rings is 1. The summed E-state index contributed by atoms with van der Waals surface area (Å²) in [7, 11) is -3.50. The highest BCUT2D eigenvalue weighted by Crippen LogP contribution is 2.27. The third-order valence-corrected chi connectivity index (χ3v) is 6.60. The molecule has 4 nitrogen and oxygen atoms in total. The van der Waals surface area contributed by atoms with E-state index in [2.05, 4.69) is 31.9 Å². The number of halogens is 3. The van der Waals surface area contributed by atoms with Crippen molar-refractivity contribution in [3.63, 3.8) is 0 Å². The summed E-state index contributed by atoms with van der Waals surface area (Å²) >= 11 is 12.4. The van der Waals surface area contributed by atoms with Gasteiger partial charge in [0.15, 0.2) is 0 Å². The van der Waals surface area contributed by atoms with Crippen LogP contribution in [0, 0.1) is 0 Å². The number of alkyl halides is 1. The van der Waals surface area contributed by atoms with Crippen LogP contribution in [0.3, 0.4) is 0 Å². The van der Waals surface area contributed by atoms with E-state index in [1.54, 1.807) is 6.07 Å². The molecule has 0 N–H and O–H groups in total. The summed E-state index contributed by atoms with van der Waals surface area (Å²) in [5.74, 6) is 0. The zero-order valence-corrected chi connectivity index (χ0v) is 14.6. The molecule has 0 aromatic heterocycles. The Bertz CT molecular complexity index is 567. The number of benzene rings is 1. The Hall–Kier alpha value is 0.340. The summed E-state index contributed by atoms with van der Waals surface area (Å²) in [4.78, 5) is 0.235. The van der Waals surface area contributed by atoms with Gasteiger partial charge in [-0.1, -0.05) is 27.5 Å². The lowest BCUT2D eigenvalue weighted by atomic mass is 10.3. The monoisotopic (exact) mass is 431 g/mol. The van der Waals surface area contributed by atoms with E-state index in [0.717, 1.165) is 0 Å². The van der Waals surface area contributed by atoms with Gasteiger partial charge in [0.05, 0.1) is 22.6 Å². The SMILES string of the molecule is O=S(=O)(c1ccc(Cl)c(Br)c1)N1CCOC(CBr)C1. The predicted octanol–water partition coefficient (Wildman–Crippen LogP) is 2.89. The maximum atomic E-state index is 12.5. The van der Waals surface area contributed by atoms with E-state index >= 15 is 0 Å². The molecule has 1 fully saturated rings. The quantitative estimate of drug-likeness (QED) is 0.689. The summed E-state index contributed by atoms with van der Waals surface area (Å²) in [6.45, 7) is 1.13. The van der Waals surface area contributed by atoms with Crippen LogP contribution in [0.2, 0.25) is 5.02 Å². The molecule has 106 valence electrons. The van der Waals surface area contributed by atoms with Gasteiger partial charge in [-0.2, -0.15) is 4.31 Å². The first-order valence-electron chi connectivity index (χ1n) is 5.58. The van der Waals surface area contributed by atoms with Crippen LogP contribution >= 0.6 is 43.5 Å². The molecule has 8 heteroatoms. The molecule has 0 amide bonds. The van der Waals surface area contributed by atoms with Crippen molar-refractivity contribution in [1.82, 2.24) is 4.31 Å². The average Bonchev–Trinajstić information content (AvgIpc) is 2.41. The Morgan fingerprint density at radius 1 is 1.47 bits per heavy atom. The lowest BCUT2D eigenvalue weighted by molar-refractivity contribution is 0.0136.